The van der Waals surface area contributed by atoms with Gasteiger partial charge in [0.05, 0.1) is 40.7 Å². The minimum absolute atomic E-state index is 0.0555. The van der Waals surface area contributed by atoms with Gasteiger partial charge < -0.3 is 25.4 Å². The molecule has 5 saturated heterocycles. The van der Waals surface area contributed by atoms with Crippen LogP contribution in [0.15, 0.2) is 16.9 Å². The molecule has 15 heteroatoms. The molecule has 4 aromatic rings. The van der Waals surface area contributed by atoms with E-state index in [1.807, 2.05) is 0 Å². The van der Waals surface area contributed by atoms with E-state index in [2.05, 4.69) is 25.1 Å². The third-order valence-electron chi connectivity index (χ3n) is 10.6. The lowest BCUT2D eigenvalue weighted by molar-refractivity contribution is -0.0241. The summed E-state index contributed by atoms with van der Waals surface area (Å²) in [6.45, 7) is 3.17. The molecule has 2 bridgehead atoms. The Morgan fingerprint density at radius 1 is 1.11 bits per heavy atom. The summed E-state index contributed by atoms with van der Waals surface area (Å²) in [7, 11) is 0. The van der Waals surface area contributed by atoms with Crippen LogP contribution in [-0.2, 0) is 4.74 Å². The molecule has 0 spiro atoms. The summed E-state index contributed by atoms with van der Waals surface area (Å²) in [6, 6.07) is 2.27. The summed E-state index contributed by atoms with van der Waals surface area (Å²) < 4.78 is 60.0. The molecule has 5 fully saturated rings. The summed E-state index contributed by atoms with van der Waals surface area (Å²) in [5.41, 5.74) is 5.21. The first-order chi connectivity index (χ1) is 22.3. The Morgan fingerprint density at radius 2 is 1.91 bits per heavy atom. The SMILES string of the molecule is Nc1nc2c(-c3c(F)c4nc(OC[C@@]56CCCN5C[C@H](F)C6)nc(N5C6CCC5CNC6)c4c(=O)n3C3COC3)ccc(F)c2s1. The number of piperazine rings is 1. The first-order valence-electron chi connectivity index (χ1n) is 15.9. The normalized spacial score (nSPS) is 28.0. The Kier molecular flexibility index (Phi) is 6.54. The largest absolute Gasteiger partial charge is 0.461 e. The molecule has 5 aliphatic rings. The Balaban J connectivity index is 1.27. The maximum Gasteiger partial charge on any atom is 0.319 e. The maximum atomic E-state index is 17.3. The van der Waals surface area contributed by atoms with Crippen LogP contribution in [0.5, 0.6) is 6.01 Å². The van der Waals surface area contributed by atoms with Crippen LogP contribution >= 0.6 is 11.3 Å². The summed E-state index contributed by atoms with van der Waals surface area (Å²) in [5, 5.41) is 3.65. The maximum absolute atomic E-state index is 17.3. The van der Waals surface area contributed by atoms with Gasteiger partial charge in [-0.3, -0.25) is 14.3 Å². The van der Waals surface area contributed by atoms with Crippen LogP contribution in [0.4, 0.5) is 24.1 Å². The number of hydrogen-bond acceptors (Lipinski definition) is 11. The van der Waals surface area contributed by atoms with Gasteiger partial charge in [-0.25, -0.2) is 18.2 Å². The number of aromatic nitrogens is 4. The van der Waals surface area contributed by atoms with Crippen LogP contribution in [-0.4, -0.2) is 94.2 Å². The highest BCUT2D eigenvalue weighted by Crippen LogP contribution is 2.43. The van der Waals surface area contributed by atoms with Gasteiger partial charge in [0.1, 0.15) is 35.3 Å². The number of thiazole rings is 1. The molecule has 8 heterocycles. The summed E-state index contributed by atoms with van der Waals surface area (Å²) in [6.07, 6.45) is 2.96. The van der Waals surface area contributed by atoms with E-state index in [1.54, 1.807) is 0 Å². The predicted molar refractivity (Wildman–Crippen MR) is 167 cm³/mol. The van der Waals surface area contributed by atoms with Crippen molar-refractivity contribution in [3.05, 3.63) is 34.1 Å². The van der Waals surface area contributed by atoms with Crippen LogP contribution in [0.1, 0.15) is 38.1 Å². The third-order valence-corrected chi connectivity index (χ3v) is 11.5. The number of halogens is 3. The molecule has 0 amide bonds. The van der Waals surface area contributed by atoms with E-state index in [4.69, 9.17) is 20.2 Å². The Hall–Kier alpha value is -3.53. The van der Waals surface area contributed by atoms with Crippen LogP contribution < -0.4 is 26.2 Å². The van der Waals surface area contributed by atoms with Crippen molar-refractivity contribution >= 4 is 43.4 Å². The van der Waals surface area contributed by atoms with Crippen LogP contribution in [0.3, 0.4) is 0 Å². The van der Waals surface area contributed by atoms with Crippen molar-refractivity contribution in [1.29, 1.82) is 0 Å². The molecular formula is C31H33F3N8O3S. The van der Waals surface area contributed by atoms with Gasteiger partial charge in [-0.15, -0.1) is 0 Å². The molecule has 5 aliphatic heterocycles. The number of alkyl halides is 1. The topological polar surface area (TPSA) is 124 Å². The molecule has 46 heavy (non-hydrogen) atoms. The van der Waals surface area contributed by atoms with Crippen molar-refractivity contribution < 1.29 is 22.6 Å². The van der Waals surface area contributed by atoms with Crippen molar-refractivity contribution in [2.75, 3.05) is 56.6 Å². The second kappa shape index (κ2) is 10.5. The number of fused-ring (bicyclic) bond motifs is 5. The fourth-order valence-corrected chi connectivity index (χ4v) is 9.16. The third kappa shape index (κ3) is 4.20. The summed E-state index contributed by atoms with van der Waals surface area (Å²) in [5.74, 6) is -0.953. The van der Waals surface area contributed by atoms with E-state index in [-0.39, 0.29) is 75.4 Å². The van der Waals surface area contributed by atoms with E-state index in [1.165, 1.54) is 16.7 Å². The lowest BCUT2D eigenvalue weighted by atomic mass is 9.95. The number of pyridine rings is 1. The number of benzene rings is 1. The molecule has 3 N–H and O–H groups in total. The molecule has 3 aromatic heterocycles. The highest BCUT2D eigenvalue weighted by atomic mass is 32.1. The lowest BCUT2D eigenvalue weighted by Gasteiger charge is -2.37. The van der Waals surface area contributed by atoms with Crippen molar-refractivity contribution in [3.63, 3.8) is 0 Å². The summed E-state index contributed by atoms with van der Waals surface area (Å²) in [4.78, 5) is 32.7. The molecule has 0 aliphatic carbocycles. The first kappa shape index (κ1) is 28.7. The number of rotatable bonds is 6. The highest BCUT2D eigenvalue weighted by molar-refractivity contribution is 7.22. The van der Waals surface area contributed by atoms with Gasteiger partial charge in [-0.2, -0.15) is 9.97 Å². The van der Waals surface area contributed by atoms with E-state index in [9.17, 15) is 13.6 Å². The Morgan fingerprint density at radius 3 is 2.67 bits per heavy atom. The van der Waals surface area contributed by atoms with Crippen molar-refractivity contribution in [1.82, 2.24) is 29.7 Å². The van der Waals surface area contributed by atoms with Gasteiger partial charge in [0.15, 0.2) is 10.9 Å². The number of nitrogens with two attached hydrogens (primary N) is 1. The number of nitrogen functional groups attached to an aromatic ring is 1. The number of hydrogen-bond donors (Lipinski definition) is 2. The number of nitrogens with one attached hydrogen (secondary N) is 1. The molecule has 9 rings (SSSR count). The van der Waals surface area contributed by atoms with Gasteiger partial charge in [-0.05, 0) is 44.4 Å². The van der Waals surface area contributed by atoms with Crippen LogP contribution in [0.2, 0.25) is 0 Å². The van der Waals surface area contributed by atoms with E-state index in [0.29, 0.717) is 31.9 Å². The standard InChI is InChI=1S/C31H33F3N8O3S/c32-15-8-31(6-1-7-40(31)11-15)14-45-30-38-24-21(27(39-30)41-16-2-3-17(41)10-36-9-16)28(43)42(18-12-44-13-18)25(22(24)34)19-4-5-20(33)26-23(19)37-29(35)46-26/h4-5,15-18,36H,1-3,6-14H2,(H2,35,37)/t15-,16?,17?,31+/m1/s1. The van der Waals surface area contributed by atoms with Crippen molar-refractivity contribution in [3.8, 4) is 17.3 Å². The average Bonchev–Trinajstić information content (AvgIpc) is 3.73. The summed E-state index contributed by atoms with van der Waals surface area (Å²) >= 11 is 0.960. The van der Waals surface area contributed by atoms with Gasteiger partial charge in [0.2, 0.25) is 0 Å². The molecule has 0 saturated carbocycles. The lowest BCUT2D eigenvalue weighted by Crippen LogP contribution is -2.52. The van der Waals surface area contributed by atoms with Crippen LogP contribution in [0.25, 0.3) is 32.4 Å². The Bertz CT molecular complexity index is 1940. The van der Waals surface area contributed by atoms with Gasteiger partial charge in [0.25, 0.3) is 5.56 Å². The quantitative estimate of drug-likeness (QED) is 0.320. The molecule has 0 radical (unpaired) electrons. The van der Waals surface area contributed by atoms with Gasteiger partial charge in [-0.1, -0.05) is 11.3 Å². The minimum atomic E-state index is -0.935. The van der Waals surface area contributed by atoms with Crippen molar-refractivity contribution in [2.45, 2.75) is 61.9 Å². The van der Waals surface area contributed by atoms with E-state index < -0.39 is 34.9 Å². The zero-order valence-electron chi connectivity index (χ0n) is 25.0. The monoisotopic (exact) mass is 654 g/mol. The minimum Gasteiger partial charge on any atom is -0.461 e. The van der Waals surface area contributed by atoms with E-state index in [0.717, 1.165) is 43.6 Å². The zero-order chi connectivity index (χ0) is 31.3. The smallest absolute Gasteiger partial charge is 0.319 e. The molecule has 2 unspecified atom stereocenters. The predicted octanol–water partition coefficient (Wildman–Crippen LogP) is 3.40. The van der Waals surface area contributed by atoms with Crippen molar-refractivity contribution in [2.24, 2.45) is 0 Å². The molecule has 242 valence electrons. The Labute approximate surface area is 265 Å². The van der Waals surface area contributed by atoms with E-state index >= 15 is 4.39 Å². The molecular weight excluding hydrogens is 621 g/mol. The van der Waals surface area contributed by atoms with Gasteiger partial charge >= 0.3 is 6.01 Å². The molecule has 4 atom stereocenters. The highest BCUT2D eigenvalue weighted by Gasteiger charge is 2.49. The fourth-order valence-electron chi connectivity index (χ4n) is 8.40. The second-order valence-corrected chi connectivity index (χ2v) is 14.3. The zero-order valence-corrected chi connectivity index (χ0v) is 25.8. The molecule has 11 nitrogen and oxygen atoms in total. The van der Waals surface area contributed by atoms with Crippen LogP contribution in [0, 0.1) is 11.6 Å². The van der Waals surface area contributed by atoms with Gasteiger partial charge in [0, 0.05) is 43.7 Å². The second-order valence-electron chi connectivity index (χ2n) is 13.2. The number of nitrogens with zero attached hydrogens (tertiary/aromatic N) is 6. The number of anilines is 2. The fraction of sp³-hybridized carbons (Fsp3) is 0.548. The molecule has 1 aromatic carbocycles. The average molecular weight is 655 g/mol. The number of ether oxygens (including phenoxy) is 2. The first-order valence-corrected chi connectivity index (χ1v) is 16.7.